The van der Waals surface area contributed by atoms with Gasteiger partial charge in [-0.3, -0.25) is 0 Å². The Labute approximate surface area is 76.0 Å². The van der Waals surface area contributed by atoms with Crippen molar-refractivity contribution in [3.63, 3.8) is 0 Å². The van der Waals surface area contributed by atoms with Crippen LogP contribution < -0.4 is 0 Å². The van der Waals surface area contributed by atoms with E-state index >= 15 is 0 Å². The van der Waals surface area contributed by atoms with E-state index in [4.69, 9.17) is 5.11 Å². The zero-order valence-electron chi connectivity index (χ0n) is 7.64. The van der Waals surface area contributed by atoms with Crippen LogP contribution in [0.25, 0.3) is 0 Å². The lowest BCUT2D eigenvalue weighted by Gasteiger charge is -2.07. The molecule has 0 heterocycles. The topological polar surface area (TPSA) is 20.2 Å². The van der Waals surface area contributed by atoms with Crippen LogP contribution in [-0.4, -0.2) is 11.2 Å². The van der Waals surface area contributed by atoms with Crippen LogP contribution in [0.2, 0.25) is 0 Å². The van der Waals surface area contributed by atoms with Crippen LogP contribution >= 0.6 is 0 Å². The van der Waals surface area contributed by atoms with Crippen molar-refractivity contribution in [2.75, 3.05) is 0 Å². The molecule has 0 fully saturated rings. The Morgan fingerprint density at radius 3 is 2.15 bits per heavy atom. The molecule has 1 nitrogen and oxygen atoms in total. The van der Waals surface area contributed by atoms with Gasteiger partial charge in [-0.05, 0) is 31.5 Å². The van der Waals surface area contributed by atoms with Gasteiger partial charge in [0.05, 0.1) is 6.10 Å². The summed E-state index contributed by atoms with van der Waals surface area (Å²) < 4.78 is 26.2. The SMILES string of the molecule is Cc1cc(F)c(C[C@H](C)O)c(F)c1. The number of rotatable bonds is 2. The van der Waals surface area contributed by atoms with E-state index in [1.165, 1.54) is 19.1 Å². The largest absolute Gasteiger partial charge is 0.393 e. The highest BCUT2D eigenvalue weighted by atomic mass is 19.1. The van der Waals surface area contributed by atoms with E-state index in [1.807, 2.05) is 0 Å². The molecule has 1 aromatic rings. The van der Waals surface area contributed by atoms with E-state index in [2.05, 4.69) is 0 Å². The molecule has 0 radical (unpaired) electrons. The van der Waals surface area contributed by atoms with E-state index in [9.17, 15) is 8.78 Å². The Morgan fingerprint density at radius 2 is 1.77 bits per heavy atom. The van der Waals surface area contributed by atoms with Crippen LogP contribution in [0, 0.1) is 18.6 Å². The zero-order valence-corrected chi connectivity index (χ0v) is 7.64. The van der Waals surface area contributed by atoms with E-state index in [1.54, 1.807) is 6.92 Å². The van der Waals surface area contributed by atoms with Gasteiger partial charge in [-0.15, -0.1) is 0 Å². The summed E-state index contributed by atoms with van der Waals surface area (Å²) in [4.78, 5) is 0. The molecule has 0 aliphatic carbocycles. The van der Waals surface area contributed by atoms with Gasteiger partial charge in [-0.2, -0.15) is 0 Å². The van der Waals surface area contributed by atoms with Gasteiger partial charge in [-0.1, -0.05) is 0 Å². The quantitative estimate of drug-likeness (QED) is 0.750. The zero-order chi connectivity index (χ0) is 10.0. The van der Waals surface area contributed by atoms with Crippen molar-refractivity contribution >= 4 is 0 Å². The van der Waals surface area contributed by atoms with Gasteiger partial charge in [-0.25, -0.2) is 8.78 Å². The van der Waals surface area contributed by atoms with Crippen LogP contribution in [0.15, 0.2) is 12.1 Å². The molecular formula is C10H12F2O. The highest BCUT2D eigenvalue weighted by molar-refractivity contribution is 5.25. The molecule has 13 heavy (non-hydrogen) atoms. The number of hydrogen-bond donors (Lipinski definition) is 1. The molecule has 1 N–H and O–H groups in total. The maximum Gasteiger partial charge on any atom is 0.129 e. The van der Waals surface area contributed by atoms with E-state index in [-0.39, 0.29) is 12.0 Å². The van der Waals surface area contributed by atoms with Crippen molar-refractivity contribution in [2.24, 2.45) is 0 Å². The third kappa shape index (κ3) is 2.49. The fraction of sp³-hybridized carbons (Fsp3) is 0.400. The first-order chi connectivity index (χ1) is 6.00. The van der Waals surface area contributed by atoms with Gasteiger partial charge in [0, 0.05) is 12.0 Å². The average Bonchev–Trinajstić information content (AvgIpc) is 1.96. The van der Waals surface area contributed by atoms with Gasteiger partial charge in [0.2, 0.25) is 0 Å². The van der Waals surface area contributed by atoms with Crippen LogP contribution in [0.4, 0.5) is 8.78 Å². The molecule has 0 spiro atoms. The van der Waals surface area contributed by atoms with Crippen LogP contribution in [0.1, 0.15) is 18.1 Å². The molecular weight excluding hydrogens is 174 g/mol. The Hall–Kier alpha value is -0.960. The first kappa shape index (κ1) is 10.1. The summed E-state index contributed by atoms with van der Waals surface area (Å²) in [7, 11) is 0. The van der Waals surface area contributed by atoms with E-state index in [0.29, 0.717) is 5.56 Å². The van der Waals surface area contributed by atoms with Crippen molar-refractivity contribution in [3.05, 3.63) is 34.9 Å². The van der Waals surface area contributed by atoms with Crippen LogP contribution in [0.3, 0.4) is 0 Å². The average molecular weight is 186 g/mol. The lowest BCUT2D eigenvalue weighted by Crippen LogP contribution is -2.08. The highest BCUT2D eigenvalue weighted by Crippen LogP contribution is 2.16. The predicted molar refractivity (Wildman–Crippen MR) is 46.5 cm³/mol. The molecule has 3 heteroatoms. The minimum absolute atomic E-state index is 0.0119. The monoisotopic (exact) mass is 186 g/mol. The summed E-state index contributed by atoms with van der Waals surface area (Å²) in [5, 5.41) is 8.99. The minimum Gasteiger partial charge on any atom is -0.393 e. The number of aliphatic hydroxyl groups excluding tert-OH is 1. The third-order valence-electron chi connectivity index (χ3n) is 1.78. The molecule has 1 aromatic carbocycles. The highest BCUT2D eigenvalue weighted by Gasteiger charge is 2.11. The van der Waals surface area contributed by atoms with Gasteiger partial charge in [0.15, 0.2) is 0 Å². The Kier molecular flexibility index (Phi) is 2.98. The standard InChI is InChI=1S/C10H12F2O/c1-6-3-9(11)8(5-7(2)13)10(12)4-6/h3-4,7,13H,5H2,1-2H3/t7-/m0/s1. The molecule has 1 rings (SSSR count). The van der Waals surface area contributed by atoms with Gasteiger partial charge in [0.25, 0.3) is 0 Å². The smallest absolute Gasteiger partial charge is 0.129 e. The predicted octanol–water partition coefficient (Wildman–Crippen LogP) is 2.20. The van der Waals surface area contributed by atoms with Crippen LogP contribution in [0.5, 0.6) is 0 Å². The molecule has 0 aromatic heterocycles. The van der Waals surface area contributed by atoms with Gasteiger partial charge < -0.3 is 5.11 Å². The second-order valence-corrected chi connectivity index (χ2v) is 3.26. The maximum absolute atomic E-state index is 13.1. The number of benzene rings is 1. The van der Waals surface area contributed by atoms with E-state index < -0.39 is 17.7 Å². The van der Waals surface area contributed by atoms with Crippen molar-refractivity contribution in [1.82, 2.24) is 0 Å². The van der Waals surface area contributed by atoms with Crippen LogP contribution in [-0.2, 0) is 6.42 Å². The lowest BCUT2D eigenvalue weighted by molar-refractivity contribution is 0.192. The summed E-state index contributed by atoms with van der Waals surface area (Å²) in [6.07, 6.45) is -0.718. The van der Waals surface area contributed by atoms with Crippen molar-refractivity contribution in [1.29, 1.82) is 0 Å². The summed E-state index contributed by atoms with van der Waals surface area (Å²) in [5.74, 6) is -1.17. The molecule has 72 valence electrons. The molecule has 0 aliphatic heterocycles. The second kappa shape index (κ2) is 3.83. The summed E-state index contributed by atoms with van der Waals surface area (Å²) in [6, 6.07) is 2.53. The Bertz CT molecular complexity index is 285. The number of hydrogen-bond acceptors (Lipinski definition) is 1. The third-order valence-corrected chi connectivity index (χ3v) is 1.78. The lowest BCUT2D eigenvalue weighted by atomic mass is 10.1. The first-order valence-corrected chi connectivity index (χ1v) is 4.13. The molecule has 0 saturated carbocycles. The summed E-state index contributed by atoms with van der Waals surface area (Å²) in [5.41, 5.74) is 0.505. The number of aliphatic hydroxyl groups is 1. The second-order valence-electron chi connectivity index (χ2n) is 3.26. The first-order valence-electron chi connectivity index (χ1n) is 4.13. The molecule has 1 atom stereocenters. The molecule has 0 unspecified atom stereocenters. The normalized spacial score (nSPS) is 13.0. The number of aryl methyl sites for hydroxylation is 1. The molecule has 0 aliphatic rings. The van der Waals surface area contributed by atoms with Crippen molar-refractivity contribution in [3.8, 4) is 0 Å². The Balaban J connectivity index is 3.06. The number of halogens is 2. The summed E-state index contributed by atoms with van der Waals surface area (Å²) in [6.45, 7) is 3.12. The maximum atomic E-state index is 13.1. The minimum atomic E-state index is -0.730. The van der Waals surface area contributed by atoms with E-state index in [0.717, 1.165) is 0 Å². The van der Waals surface area contributed by atoms with Gasteiger partial charge in [0.1, 0.15) is 11.6 Å². The Morgan fingerprint density at radius 1 is 1.31 bits per heavy atom. The fourth-order valence-electron chi connectivity index (χ4n) is 1.22. The fourth-order valence-corrected chi connectivity index (χ4v) is 1.22. The summed E-state index contributed by atoms with van der Waals surface area (Å²) >= 11 is 0. The van der Waals surface area contributed by atoms with Gasteiger partial charge >= 0.3 is 0 Å². The molecule has 0 bridgehead atoms. The van der Waals surface area contributed by atoms with Crippen molar-refractivity contribution < 1.29 is 13.9 Å². The molecule has 0 amide bonds. The van der Waals surface area contributed by atoms with Crippen molar-refractivity contribution in [2.45, 2.75) is 26.4 Å². The molecule has 0 saturated heterocycles.